The van der Waals surface area contributed by atoms with Gasteiger partial charge in [0.2, 0.25) is 0 Å². The predicted molar refractivity (Wildman–Crippen MR) is 76.4 cm³/mol. The minimum Gasteiger partial charge on any atom is -0.461 e. The molecule has 2 nitrogen and oxygen atoms in total. The Kier molecular flexibility index (Phi) is 5.04. The molecule has 0 aliphatic heterocycles. The van der Waals surface area contributed by atoms with Crippen LogP contribution in [0.4, 0.5) is 17.6 Å². The molecule has 0 bridgehead atoms. The molecule has 7 heteroatoms. The maximum absolute atomic E-state index is 13.5. The summed E-state index contributed by atoms with van der Waals surface area (Å²) in [5, 5.41) is 0. The standard InChI is InChI=1S/C16H15ClF4O2/c1-16(2)9(3-4-17)10(16)5-13(22)23-7-8-14(20)11(18)6-12(19)15(8)21/h3-4,6,9-10H,5,7H2,1-2H3/b4-3+/t9-,10-/m1/s1. The fourth-order valence-electron chi connectivity index (χ4n) is 2.78. The van der Waals surface area contributed by atoms with Crippen molar-refractivity contribution in [1.29, 1.82) is 0 Å². The molecule has 23 heavy (non-hydrogen) atoms. The summed E-state index contributed by atoms with van der Waals surface area (Å²) in [5.74, 6) is -6.80. The summed E-state index contributed by atoms with van der Waals surface area (Å²) in [6.07, 6.45) is 1.79. The lowest BCUT2D eigenvalue weighted by atomic mass is 10.1. The van der Waals surface area contributed by atoms with Crippen LogP contribution >= 0.6 is 11.6 Å². The molecule has 1 aliphatic carbocycles. The van der Waals surface area contributed by atoms with Gasteiger partial charge in [0.15, 0.2) is 23.3 Å². The fraction of sp³-hybridized carbons (Fsp3) is 0.438. The number of rotatable bonds is 5. The topological polar surface area (TPSA) is 26.3 Å². The van der Waals surface area contributed by atoms with Gasteiger partial charge < -0.3 is 4.74 Å². The first-order valence-electron chi connectivity index (χ1n) is 6.94. The highest BCUT2D eigenvalue weighted by molar-refractivity contribution is 6.25. The molecule has 1 aliphatic rings. The van der Waals surface area contributed by atoms with Crippen LogP contribution in [-0.2, 0) is 16.1 Å². The van der Waals surface area contributed by atoms with Crippen molar-refractivity contribution in [2.24, 2.45) is 17.3 Å². The summed E-state index contributed by atoms with van der Waals surface area (Å²) in [6, 6.07) is 0.103. The van der Waals surface area contributed by atoms with Gasteiger partial charge in [-0.05, 0) is 17.3 Å². The average molecular weight is 351 g/mol. The van der Waals surface area contributed by atoms with E-state index < -0.39 is 41.4 Å². The lowest BCUT2D eigenvalue weighted by Crippen LogP contribution is -2.11. The second-order valence-corrected chi connectivity index (χ2v) is 6.34. The van der Waals surface area contributed by atoms with Crippen LogP contribution in [0.2, 0.25) is 0 Å². The van der Waals surface area contributed by atoms with Crippen molar-refractivity contribution in [3.8, 4) is 0 Å². The van der Waals surface area contributed by atoms with E-state index >= 15 is 0 Å². The first kappa shape index (κ1) is 17.8. The molecule has 126 valence electrons. The van der Waals surface area contributed by atoms with Gasteiger partial charge in [-0.3, -0.25) is 4.79 Å². The van der Waals surface area contributed by atoms with Crippen molar-refractivity contribution in [3.05, 3.63) is 46.5 Å². The van der Waals surface area contributed by atoms with Gasteiger partial charge in [-0.2, -0.15) is 0 Å². The van der Waals surface area contributed by atoms with Crippen molar-refractivity contribution in [2.75, 3.05) is 0 Å². The van der Waals surface area contributed by atoms with Crippen LogP contribution < -0.4 is 0 Å². The van der Waals surface area contributed by atoms with E-state index in [1.165, 1.54) is 5.54 Å². The number of hydrogen-bond donors (Lipinski definition) is 0. The third-order valence-electron chi connectivity index (χ3n) is 4.39. The lowest BCUT2D eigenvalue weighted by Gasteiger charge is -2.08. The Labute approximate surface area is 136 Å². The van der Waals surface area contributed by atoms with Gasteiger partial charge in [-0.1, -0.05) is 31.5 Å². The Morgan fingerprint density at radius 2 is 1.83 bits per heavy atom. The van der Waals surface area contributed by atoms with Crippen LogP contribution in [0.1, 0.15) is 25.8 Å². The van der Waals surface area contributed by atoms with Crippen LogP contribution in [0, 0.1) is 40.5 Å². The van der Waals surface area contributed by atoms with E-state index in [1.807, 2.05) is 13.8 Å². The van der Waals surface area contributed by atoms with Crippen molar-refractivity contribution in [3.63, 3.8) is 0 Å². The minimum atomic E-state index is -1.56. The summed E-state index contributed by atoms with van der Waals surface area (Å²) in [6.45, 7) is 3.04. The molecule has 0 N–H and O–H groups in total. The van der Waals surface area contributed by atoms with E-state index in [1.54, 1.807) is 6.08 Å². The number of benzene rings is 1. The summed E-state index contributed by atoms with van der Waals surface area (Å²) in [5.41, 5.74) is 0.298. The third kappa shape index (κ3) is 3.52. The van der Waals surface area contributed by atoms with Crippen molar-refractivity contribution in [2.45, 2.75) is 26.9 Å². The zero-order valence-electron chi connectivity index (χ0n) is 12.5. The van der Waals surface area contributed by atoms with Gasteiger partial charge in [0.1, 0.15) is 6.61 Å². The minimum absolute atomic E-state index is 0.0102. The van der Waals surface area contributed by atoms with Gasteiger partial charge in [0, 0.05) is 18.0 Å². The van der Waals surface area contributed by atoms with Crippen molar-refractivity contribution in [1.82, 2.24) is 0 Å². The molecule has 2 rings (SSSR count). The van der Waals surface area contributed by atoms with Gasteiger partial charge in [-0.25, -0.2) is 17.6 Å². The third-order valence-corrected chi connectivity index (χ3v) is 4.53. The number of carbonyl (C=O) groups is 1. The first-order chi connectivity index (χ1) is 10.7. The molecule has 0 saturated heterocycles. The molecule has 1 aromatic rings. The highest BCUT2D eigenvalue weighted by atomic mass is 35.5. The Bertz CT molecular complexity index is 632. The van der Waals surface area contributed by atoms with Crippen LogP contribution in [0.5, 0.6) is 0 Å². The molecule has 0 unspecified atom stereocenters. The predicted octanol–water partition coefficient (Wildman–Crippen LogP) is 4.70. The molecule has 0 heterocycles. The lowest BCUT2D eigenvalue weighted by molar-refractivity contribution is -0.145. The molecular weight excluding hydrogens is 336 g/mol. The second-order valence-electron chi connectivity index (χ2n) is 6.08. The van der Waals surface area contributed by atoms with Crippen molar-refractivity contribution < 1.29 is 27.1 Å². The van der Waals surface area contributed by atoms with E-state index in [4.69, 9.17) is 16.3 Å². The molecule has 0 spiro atoms. The average Bonchev–Trinajstić information content (AvgIpc) is 2.97. The molecule has 0 aromatic heterocycles. The fourth-order valence-corrected chi connectivity index (χ4v) is 2.93. The van der Waals surface area contributed by atoms with Crippen LogP contribution in [0.3, 0.4) is 0 Å². The highest BCUT2D eigenvalue weighted by Gasteiger charge is 2.56. The summed E-state index contributed by atoms with van der Waals surface area (Å²) in [4.78, 5) is 11.8. The van der Waals surface area contributed by atoms with E-state index in [2.05, 4.69) is 0 Å². The summed E-state index contributed by atoms with van der Waals surface area (Å²) >= 11 is 5.52. The van der Waals surface area contributed by atoms with Crippen LogP contribution in [0.15, 0.2) is 17.7 Å². The molecule has 0 radical (unpaired) electrons. The molecule has 2 atom stereocenters. The van der Waals surface area contributed by atoms with E-state index in [0.29, 0.717) is 0 Å². The van der Waals surface area contributed by atoms with Crippen molar-refractivity contribution >= 4 is 17.6 Å². The number of ether oxygens (including phenoxy) is 1. The maximum atomic E-state index is 13.5. The number of allylic oxidation sites excluding steroid dienone is 1. The number of halogens is 5. The summed E-state index contributed by atoms with van der Waals surface area (Å²) < 4.78 is 57.8. The Balaban J connectivity index is 1.99. The smallest absolute Gasteiger partial charge is 0.306 e. The van der Waals surface area contributed by atoms with Crippen LogP contribution in [-0.4, -0.2) is 5.97 Å². The van der Waals surface area contributed by atoms with Gasteiger partial charge in [0.05, 0.1) is 5.56 Å². The normalized spacial score (nSPS) is 22.4. The van der Waals surface area contributed by atoms with Crippen LogP contribution in [0.25, 0.3) is 0 Å². The van der Waals surface area contributed by atoms with E-state index in [9.17, 15) is 22.4 Å². The molecule has 1 fully saturated rings. The maximum Gasteiger partial charge on any atom is 0.306 e. The highest BCUT2D eigenvalue weighted by Crippen LogP contribution is 2.60. The largest absolute Gasteiger partial charge is 0.461 e. The zero-order valence-corrected chi connectivity index (χ0v) is 13.3. The molecule has 1 aromatic carbocycles. The van der Waals surface area contributed by atoms with E-state index in [-0.39, 0.29) is 29.7 Å². The zero-order chi connectivity index (χ0) is 17.4. The van der Waals surface area contributed by atoms with Gasteiger partial charge in [0.25, 0.3) is 0 Å². The number of esters is 1. The molecule has 1 saturated carbocycles. The Morgan fingerprint density at radius 3 is 2.35 bits per heavy atom. The molecular formula is C16H15ClF4O2. The van der Waals surface area contributed by atoms with Gasteiger partial charge in [-0.15, -0.1) is 0 Å². The monoisotopic (exact) mass is 350 g/mol. The number of hydrogen-bond acceptors (Lipinski definition) is 2. The second kappa shape index (κ2) is 6.51. The van der Waals surface area contributed by atoms with E-state index in [0.717, 1.165) is 0 Å². The Hall–Kier alpha value is -1.56. The summed E-state index contributed by atoms with van der Waals surface area (Å²) in [7, 11) is 0. The first-order valence-corrected chi connectivity index (χ1v) is 7.38. The Morgan fingerprint density at radius 1 is 1.26 bits per heavy atom. The number of carbonyl (C=O) groups excluding carboxylic acids is 1. The molecule has 0 amide bonds. The SMILES string of the molecule is CC1(C)[C@H](/C=C/Cl)[C@H]1CC(=O)OCc1c(F)c(F)cc(F)c1F. The van der Waals surface area contributed by atoms with Gasteiger partial charge >= 0.3 is 5.97 Å². The quantitative estimate of drug-likeness (QED) is 0.437.